The third-order valence-electron chi connectivity index (χ3n) is 3.12. The first-order valence-corrected chi connectivity index (χ1v) is 8.24. The summed E-state index contributed by atoms with van der Waals surface area (Å²) in [7, 11) is -3.42. The molecule has 0 aromatic heterocycles. The molecule has 1 fully saturated rings. The van der Waals surface area contributed by atoms with Gasteiger partial charge in [0, 0.05) is 12.2 Å². The standard InChI is InChI=1S/C12H14ClFN2O3S/c1-20(18,19)16-6-2-3-11(16)12(17)15-8-4-5-10(14)9(13)7-8/h4-5,7,11H,2-3,6H2,1H3,(H,15,17). The summed E-state index contributed by atoms with van der Waals surface area (Å²) in [4.78, 5) is 12.1. The Balaban J connectivity index is 2.13. The predicted molar refractivity (Wildman–Crippen MR) is 74.6 cm³/mol. The van der Waals surface area contributed by atoms with E-state index in [9.17, 15) is 17.6 Å². The van der Waals surface area contributed by atoms with Gasteiger partial charge in [-0.15, -0.1) is 0 Å². The third-order valence-corrected chi connectivity index (χ3v) is 4.70. The number of nitrogens with one attached hydrogen (secondary N) is 1. The van der Waals surface area contributed by atoms with Crippen LogP contribution in [-0.2, 0) is 14.8 Å². The number of halogens is 2. The van der Waals surface area contributed by atoms with Crippen LogP contribution in [0.1, 0.15) is 12.8 Å². The average Bonchev–Trinajstić information content (AvgIpc) is 2.83. The topological polar surface area (TPSA) is 66.5 Å². The van der Waals surface area contributed by atoms with E-state index in [1.807, 2.05) is 0 Å². The molecule has 110 valence electrons. The van der Waals surface area contributed by atoms with Gasteiger partial charge >= 0.3 is 0 Å². The largest absolute Gasteiger partial charge is 0.325 e. The molecule has 0 bridgehead atoms. The van der Waals surface area contributed by atoms with Gasteiger partial charge in [0.25, 0.3) is 0 Å². The van der Waals surface area contributed by atoms with Gasteiger partial charge in [-0.05, 0) is 31.0 Å². The smallest absolute Gasteiger partial charge is 0.242 e. The van der Waals surface area contributed by atoms with Crippen LogP contribution in [0.15, 0.2) is 18.2 Å². The molecule has 20 heavy (non-hydrogen) atoms. The summed E-state index contributed by atoms with van der Waals surface area (Å²) in [5, 5.41) is 2.46. The van der Waals surface area contributed by atoms with Gasteiger partial charge in [-0.2, -0.15) is 4.31 Å². The molecule has 1 saturated heterocycles. The van der Waals surface area contributed by atoms with Crippen LogP contribution in [0.25, 0.3) is 0 Å². The van der Waals surface area contributed by atoms with Gasteiger partial charge in [0.1, 0.15) is 11.9 Å². The summed E-state index contributed by atoms with van der Waals surface area (Å²) in [6.07, 6.45) is 2.18. The Labute approximate surface area is 121 Å². The van der Waals surface area contributed by atoms with Crippen molar-refractivity contribution in [1.82, 2.24) is 4.31 Å². The third kappa shape index (κ3) is 3.28. The van der Waals surface area contributed by atoms with Crippen molar-refractivity contribution in [3.05, 3.63) is 29.0 Å². The van der Waals surface area contributed by atoms with Gasteiger partial charge in [-0.3, -0.25) is 4.79 Å². The summed E-state index contributed by atoms with van der Waals surface area (Å²) in [6.45, 7) is 0.334. The highest BCUT2D eigenvalue weighted by Crippen LogP contribution is 2.23. The molecule has 1 amide bonds. The van der Waals surface area contributed by atoms with Crippen molar-refractivity contribution in [1.29, 1.82) is 0 Å². The molecular weight excluding hydrogens is 307 g/mol. The van der Waals surface area contributed by atoms with Gasteiger partial charge in [0.15, 0.2) is 0 Å². The van der Waals surface area contributed by atoms with Crippen LogP contribution in [-0.4, -0.2) is 37.5 Å². The van der Waals surface area contributed by atoms with E-state index >= 15 is 0 Å². The van der Waals surface area contributed by atoms with Crippen molar-refractivity contribution in [3.8, 4) is 0 Å². The molecule has 1 N–H and O–H groups in total. The molecule has 1 heterocycles. The maximum Gasteiger partial charge on any atom is 0.242 e. The number of hydrogen-bond acceptors (Lipinski definition) is 3. The molecule has 1 atom stereocenters. The molecule has 0 radical (unpaired) electrons. The summed E-state index contributed by atoms with van der Waals surface area (Å²) in [5.74, 6) is -1.01. The minimum atomic E-state index is -3.42. The monoisotopic (exact) mass is 320 g/mol. The van der Waals surface area contributed by atoms with E-state index in [1.165, 1.54) is 16.4 Å². The van der Waals surface area contributed by atoms with Crippen molar-refractivity contribution in [2.45, 2.75) is 18.9 Å². The summed E-state index contributed by atoms with van der Waals surface area (Å²) >= 11 is 5.63. The number of sulfonamides is 1. The Bertz CT molecular complexity index is 636. The minimum absolute atomic E-state index is 0.103. The van der Waals surface area contributed by atoms with Gasteiger partial charge in [-0.25, -0.2) is 12.8 Å². The van der Waals surface area contributed by atoms with E-state index in [-0.39, 0.29) is 5.02 Å². The van der Waals surface area contributed by atoms with Crippen LogP contribution >= 0.6 is 11.6 Å². The molecule has 0 spiro atoms. The van der Waals surface area contributed by atoms with Crippen molar-refractivity contribution in [2.75, 3.05) is 18.1 Å². The number of hydrogen-bond donors (Lipinski definition) is 1. The van der Waals surface area contributed by atoms with Gasteiger partial charge in [-0.1, -0.05) is 11.6 Å². The molecule has 0 saturated carbocycles. The number of anilines is 1. The normalized spacial score (nSPS) is 20.1. The summed E-state index contributed by atoms with van der Waals surface area (Å²) < 4.78 is 37.3. The zero-order valence-corrected chi connectivity index (χ0v) is 12.3. The van der Waals surface area contributed by atoms with Gasteiger partial charge < -0.3 is 5.32 Å². The van der Waals surface area contributed by atoms with E-state index in [0.29, 0.717) is 25.1 Å². The molecule has 1 aromatic rings. The molecule has 0 aliphatic carbocycles. The number of carbonyl (C=O) groups is 1. The van der Waals surface area contributed by atoms with Crippen molar-refractivity contribution in [3.63, 3.8) is 0 Å². The highest BCUT2D eigenvalue weighted by Gasteiger charge is 2.36. The molecule has 2 rings (SSSR count). The summed E-state index contributed by atoms with van der Waals surface area (Å²) in [5.41, 5.74) is 0.335. The number of carbonyl (C=O) groups excluding carboxylic acids is 1. The zero-order valence-electron chi connectivity index (χ0n) is 10.8. The lowest BCUT2D eigenvalue weighted by Crippen LogP contribution is -2.42. The van der Waals surface area contributed by atoms with E-state index < -0.39 is 27.8 Å². The lowest BCUT2D eigenvalue weighted by atomic mass is 10.2. The first-order valence-electron chi connectivity index (χ1n) is 6.02. The maximum absolute atomic E-state index is 13.0. The van der Waals surface area contributed by atoms with Crippen molar-refractivity contribution >= 4 is 33.2 Å². The second kappa shape index (κ2) is 5.67. The Morgan fingerprint density at radius 3 is 2.80 bits per heavy atom. The highest BCUT2D eigenvalue weighted by atomic mass is 35.5. The van der Waals surface area contributed by atoms with Gasteiger partial charge in [0.2, 0.25) is 15.9 Å². The van der Waals surface area contributed by atoms with Crippen LogP contribution in [0.4, 0.5) is 10.1 Å². The second-order valence-corrected chi connectivity index (χ2v) is 6.99. The van der Waals surface area contributed by atoms with E-state index in [2.05, 4.69) is 5.32 Å². The molecule has 8 heteroatoms. The first kappa shape index (κ1) is 15.2. The molecule has 1 aromatic carbocycles. The lowest BCUT2D eigenvalue weighted by molar-refractivity contribution is -0.119. The van der Waals surface area contributed by atoms with E-state index in [4.69, 9.17) is 11.6 Å². The SMILES string of the molecule is CS(=O)(=O)N1CCCC1C(=O)Nc1ccc(F)c(Cl)c1. The number of nitrogens with zero attached hydrogens (tertiary/aromatic N) is 1. The van der Waals surface area contributed by atoms with Crippen LogP contribution in [0.5, 0.6) is 0 Å². The average molecular weight is 321 g/mol. The molecule has 5 nitrogen and oxygen atoms in total. The Kier molecular flexibility index (Phi) is 4.31. The Hall–Kier alpha value is -1.18. The van der Waals surface area contributed by atoms with E-state index in [1.54, 1.807) is 0 Å². The summed E-state index contributed by atoms with van der Waals surface area (Å²) in [6, 6.07) is 3.07. The van der Waals surface area contributed by atoms with E-state index in [0.717, 1.165) is 12.3 Å². The zero-order chi connectivity index (χ0) is 14.9. The quantitative estimate of drug-likeness (QED) is 0.924. The minimum Gasteiger partial charge on any atom is -0.325 e. The van der Waals surface area contributed by atoms with Crippen molar-refractivity contribution < 1.29 is 17.6 Å². The number of rotatable bonds is 3. The first-order chi connectivity index (χ1) is 9.29. The fourth-order valence-corrected chi connectivity index (χ4v) is 3.50. The number of amides is 1. The van der Waals surface area contributed by atoms with Crippen molar-refractivity contribution in [2.24, 2.45) is 0 Å². The van der Waals surface area contributed by atoms with Crippen LogP contribution < -0.4 is 5.32 Å². The van der Waals surface area contributed by atoms with Gasteiger partial charge in [0.05, 0.1) is 11.3 Å². The van der Waals surface area contributed by atoms with Crippen LogP contribution in [0.2, 0.25) is 5.02 Å². The predicted octanol–water partition coefficient (Wildman–Crippen LogP) is 1.84. The Morgan fingerprint density at radius 1 is 1.50 bits per heavy atom. The molecular formula is C12H14ClFN2O3S. The van der Waals surface area contributed by atoms with Crippen LogP contribution in [0, 0.1) is 5.82 Å². The second-order valence-electron chi connectivity index (χ2n) is 4.65. The van der Waals surface area contributed by atoms with Crippen LogP contribution in [0.3, 0.4) is 0 Å². The highest BCUT2D eigenvalue weighted by molar-refractivity contribution is 7.88. The fourth-order valence-electron chi connectivity index (χ4n) is 2.20. The molecule has 1 aliphatic rings. The fraction of sp³-hybridized carbons (Fsp3) is 0.417. The lowest BCUT2D eigenvalue weighted by Gasteiger charge is -2.21. The Morgan fingerprint density at radius 2 is 2.20 bits per heavy atom. The molecule has 1 unspecified atom stereocenters. The number of benzene rings is 1. The maximum atomic E-state index is 13.0. The molecule has 1 aliphatic heterocycles.